The molecule has 2 N–H and O–H groups in total. The number of nitrogens with one attached hydrogen (secondary N) is 2. The minimum absolute atomic E-state index is 0.0321. The molecule has 0 aliphatic carbocycles. The summed E-state index contributed by atoms with van der Waals surface area (Å²) in [6, 6.07) is 8.26. The van der Waals surface area contributed by atoms with Gasteiger partial charge in [0.05, 0.1) is 6.54 Å². The zero-order valence-corrected chi connectivity index (χ0v) is 16.3. The van der Waals surface area contributed by atoms with Crippen LogP contribution in [-0.2, 0) is 4.79 Å². The number of carbonyl (C=O) groups is 1. The van der Waals surface area contributed by atoms with Gasteiger partial charge in [0, 0.05) is 20.1 Å². The van der Waals surface area contributed by atoms with Gasteiger partial charge in [0.2, 0.25) is 5.91 Å². The van der Waals surface area contributed by atoms with E-state index < -0.39 is 0 Å². The zero-order valence-electron chi connectivity index (χ0n) is 16.3. The van der Waals surface area contributed by atoms with Crippen LogP contribution in [0.2, 0.25) is 0 Å². The van der Waals surface area contributed by atoms with Gasteiger partial charge in [-0.3, -0.25) is 4.79 Å². The van der Waals surface area contributed by atoms with Gasteiger partial charge in [-0.1, -0.05) is 19.1 Å². The predicted molar refractivity (Wildman–Crippen MR) is 103 cm³/mol. The van der Waals surface area contributed by atoms with Crippen molar-refractivity contribution in [3.05, 3.63) is 29.8 Å². The highest BCUT2D eigenvalue weighted by atomic mass is 16.5. The van der Waals surface area contributed by atoms with Crippen LogP contribution in [0.15, 0.2) is 29.3 Å². The van der Waals surface area contributed by atoms with Gasteiger partial charge in [-0.05, 0) is 44.9 Å². The number of rotatable bonds is 8. The van der Waals surface area contributed by atoms with Crippen LogP contribution in [0.4, 0.5) is 0 Å². The predicted octanol–water partition coefficient (Wildman–Crippen LogP) is 2.18. The van der Waals surface area contributed by atoms with Crippen LogP contribution < -0.4 is 15.4 Å². The van der Waals surface area contributed by atoms with Crippen molar-refractivity contribution in [2.45, 2.75) is 46.3 Å². The molecule has 0 fully saturated rings. The molecule has 0 saturated heterocycles. The highest BCUT2D eigenvalue weighted by Gasteiger charge is 2.09. The first-order chi connectivity index (χ1) is 11.8. The number of likely N-dealkylation sites (N-methyl/N-ethyl adjacent to an activating group) is 1. The number of nitrogens with zero attached hydrogens (tertiary/aromatic N) is 2. The Morgan fingerprint density at radius 2 is 2.04 bits per heavy atom. The molecule has 0 bridgehead atoms. The molecular formula is C19H32N4O2. The van der Waals surface area contributed by atoms with Gasteiger partial charge in [-0.15, -0.1) is 0 Å². The van der Waals surface area contributed by atoms with E-state index in [1.807, 2.05) is 38.1 Å². The number of ether oxygens (including phenoxy) is 1. The molecule has 1 rings (SSSR count). The largest absolute Gasteiger partial charge is 0.489 e. The van der Waals surface area contributed by atoms with Crippen molar-refractivity contribution < 1.29 is 9.53 Å². The molecule has 2 atom stereocenters. The van der Waals surface area contributed by atoms with Gasteiger partial charge in [0.1, 0.15) is 18.4 Å². The number of hydrogen-bond donors (Lipinski definition) is 2. The molecule has 25 heavy (non-hydrogen) atoms. The Balaban J connectivity index is 2.60. The molecule has 0 spiro atoms. The molecule has 0 radical (unpaired) electrons. The van der Waals surface area contributed by atoms with Crippen molar-refractivity contribution in [1.82, 2.24) is 15.5 Å². The minimum Gasteiger partial charge on any atom is -0.489 e. The lowest BCUT2D eigenvalue weighted by Gasteiger charge is -2.20. The summed E-state index contributed by atoms with van der Waals surface area (Å²) in [6.07, 6.45) is 0.938. The van der Waals surface area contributed by atoms with Crippen LogP contribution in [-0.4, -0.2) is 56.1 Å². The monoisotopic (exact) mass is 348 g/mol. The van der Waals surface area contributed by atoms with Crippen molar-refractivity contribution in [3.63, 3.8) is 0 Å². The summed E-state index contributed by atoms with van der Waals surface area (Å²) < 4.78 is 5.92. The second kappa shape index (κ2) is 10.6. The first-order valence-electron chi connectivity index (χ1n) is 8.80. The fourth-order valence-corrected chi connectivity index (χ4v) is 1.98. The Morgan fingerprint density at radius 1 is 1.32 bits per heavy atom. The molecule has 2 unspecified atom stereocenters. The van der Waals surface area contributed by atoms with Gasteiger partial charge in [-0.2, -0.15) is 0 Å². The summed E-state index contributed by atoms with van der Waals surface area (Å²) in [5.74, 6) is 1.45. The fraction of sp³-hybridized carbons (Fsp3) is 0.579. The Hall–Kier alpha value is -2.24. The Bertz CT molecular complexity index is 572. The highest BCUT2D eigenvalue weighted by Crippen LogP contribution is 2.13. The number of carbonyl (C=O) groups excluding carboxylic acids is 1. The smallest absolute Gasteiger partial charge is 0.243 e. The zero-order chi connectivity index (χ0) is 18.8. The van der Waals surface area contributed by atoms with Gasteiger partial charge in [0.25, 0.3) is 0 Å². The van der Waals surface area contributed by atoms with Crippen LogP contribution in [0.3, 0.4) is 0 Å². The molecule has 1 aromatic rings. The maximum atomic E-state index is 11.8. The van der Waals surface area contributed by atoms with E-state index in [1.54, 1.807) is 14.1 Å². The van der Waals surface area contributed by atoms with E-state index in [4.69, 9.17) is 4.74 Å². The second-order valence-electron chi connectivity index (χ2n) is 6.53. The molecule has 6 nitrogen and oxygen atoms in total. The highest BCUT2D eigenvalue weighted by molar-refractivity contribution is 5.84. The molecule has 0 aliphatic rings. The summed E-state index contributed by atoms with van der Waals surface area (Å²) in [6.45, 7) is 8.93. The van der Waals surface area contributed by atoms with Gasteiger partial charge >= 0.3 is 0 Å². The third-order valence-corrected chi connectivity index (χ3v) is 3.75. The lowest BCUT2D eigenvalue weighted by atomic mass is 10.2. The standard InChI is InChI=1S/C19H32N4O2/c1-7-15(3)22-19(21-13-18(24)23(5)6)20-12-16(4)25-17-10-8-9-14(2)11-17/h8-11,15-16H,7,12-13H2,1-6H3,(H2,20,21,22). The molecular weight excluding hydrogens is 316 g/mol. The maximum absolute atomic E-state index is 11.8. The molecule has 6 heteroatoms. The number of benzene rings is 1. The SMILES string of the molecule is CCC(C)NC(=NCC(=O)N(C)C)NCC(C)Oc1cccc(C)c1. The molecule has 0 aromatic heterocycles. The molecule has 0 heterocycles. The lowest BCUT2D eigenvalue weighted by molar-refractivity contribution is -0.127. The third kappa shape index (κ3) is 8.42. The lowest BCUT2D eigenvalue weighted by Crippen LogP contribution is -2.45. The summed E-state index contributed by atoms with van der Waals surface area (Å²) in [4.78, 5) is 17.7. The fourth-order valence-electron chi connectivity index (χ4n) is 1.98. The van der Waals surface area contributed by atoms with E-state index in [0.717, 1.165) is 12.2 Å². The average molecular weight is 348 g/mol. The minimum atomic E-state index is -0.0330. The number of amides is 1. The van der Waals surface area contributed by atoms with Crippen molar-refractivity contribution in [3.8, 4) is 5.75 Å². The van der Waals surface area contributed by atoms with Crippen molar-refractivity contribution in [2.75, 3.05) is 27.2 Å². The number of aryl methyl sites for hydroxylation is 1. The van der Waals surface area contributed by atoms with Crippen LogP contribution in [0.1, 0.15) is 32.8 Å². The Labute approximate surface area is 151 Å². The average Bonchev–Trinajstić information content (AvgIpc) is 2.56. The summed E-state index contributed by atoms with van der Waals surface area (Å²) in [5, 5.41) is 6.56. The maximum Gasteiger partial charge on any atom is 0.243 e. The molecule has 1 aromatic carbocycles. The Kier molecular flexibility index (Phi) is 8.81. The number of guanidine groups is 1. The van der Waals surface area contributed by atoms with Gasteiger partial charge in [0.15, 0.2) is 5.96 Å². The van der Waals surface area contributed by atoms with E-state index in [9.17, 15) is 4.79 Å². The van der Waals surface area contributed by atoms with Crippen molar-refractivity contribution >= 4 is 11.9 Å². The quantitative estimate of drug-likeness (QED) is 0.558. The first-order valence-corrected chi connectivity index (χ1v) is 8.80. The number of hydrogen-bond acceptors (Lipinski definition) is 3. The van der Waals surface area contributed by atoms with Gasteiger partial charge < -0.3 is 20.3 Å². The molecule has 0 saturated carbocycles. The van der Waals surface area contributed by atoms with Crippen LogP contribution >= 0.6 is 0 Å². The van der Waals surface area contributed by atoms with Crippen LogP contribution in [0, 0.1) is 6.92 Å². The molecule has 1 amide bonds. The number of aliphatic imine (C=N–C) groups is 1. The third-order valence-electron chi connectivity index (χ3n) is 3.75. The van der Waals surface area contributed by atoms with E-state index in [1.165, 1.54) is 10.5 Å². The van der Waals surface area contributed by atoms with Crippen LogP contribution in [0.25, 0.3) is 0 Å². The summed E-state index contributed by atoms with van der Waals surface area (Å²) in [5.41, 5.74) is 1.17. The van der Waals surface area contributed by atoms with Crippen LogP contribution in [0.5, 0.6) is 5.75 Å². The van der Waals surface area contributed by atoms with Crippen molar-refractivity contribution in [2.24, 2.45) is 4.99 Å². The van der Waals surface area contributed by atoms with Gasteiger partial charge in [-0.25, -0.2) is 4.99 Å². The topological polar surface area (TPSA) is 66.0 Å². The van der Waals surface area contributed by atoms with Crippen molar-refractivity contribution in [1.29, 1.82) is 0 Å². The van der Waals surface area contributed by atoms with E-state index in [2.05, 4.69) is 29.5 Å². The van der Waals surface area contributed by atoms with E-state index in [0.29, 0.717) is 12.5 Å². The Morgan fingerprint density at radius 3 is 2.64 bits per heavy atom. The van der Waals surface area contributed by atoms with E-state index in [-0.39, 0.29) is 24.6 Å². The normalized spacial score (nSPS) is 13.8. The molecule has 140 valence electrons. The summed E-state index contributed by atoms with van der Waals surface area (Å²) >= 11 is 0. The first kappa shape index (κ1) is 20.8. The second-order valence-corrected chi connectivity index (χ2v) is 6.53. The molecule has 0 aliphatic heterocycles. The van der Waals surface area contributed by atoms with E-state index >= 15 is 0 Å². The summed E-state index contributed by atoms with van der Waals surface area (Å²) in [7, 11) is 3.45.